The van der Waals surface area contributed by atoms with E-state index < -0.39 is 5.41 Å². The average molecular weight is 485 g/mol. The lowest BCUT2D eigenvalue weighted by Gasteiger charge is -2.40. The molecule has 186 valence electrons. The van der Waals surface area contributed by atoms with Crippen molar-refractivity contribution in [1.29, 1.82) is 0 Å². The van der Waals surface area contributed by atoms with Crippen molar-refractivity contribution in [3.05, 3.63) is 107 Å². The number of carbonyl (C=O) groups excluding carboxylic acids is 3. The van der Waals surface area contributed by atoms with Gasteiger partial charge in [0.2, 0.25) is 5.91 Å². The highest BCUT2D eigenvalue weighted by Crippen LogP contribution is 2.47. The normalized spacial score (nSPS) is 18.5. The molecule has 0 spiro atoms. The zero-order valence-corrected chi connectivity index (χ0v) is 20.5. The number of rotatable bonds is 9. The van der Waals surface area contributed by atoms with E-state index in [2.05, 4.69) is 10.6 Å². The van der Waals surface area contributed by atoms with Crippen molar-refractivity contribution in [1.82, 2.24) is 10.6 Å². The molecule has 1 aliphatic rings. The molecule has 4 rings (SSSR count). The summed E-state index contributed by atoms with van der Waals surface area (Å²) in [7, 11) is 0. The van der Waals surface area contributed by atoms with Gasteiger partial charge in [-0.1, -0.05) is 72.8 Å². The Balaban J connectivity index is 1.45. The number of benzene rings is 3. The predicted octanol–water partition coefficient (Wildman–Crippen LogP) is 4.35. The van der Waals surface area contributed by atoms with Gasteiger partial charge in [-0.15, -0.1) is 0 Å². The van der Waals surface area contributed by atoms with E-state index in [9.17, 15) is 14.4 Å². The van der Waals surface area contributed by atoms with Gasteiger partial charge in [0.15, 0.2) is 0 Å². The van der Waals surface area contributed by atoms with Crippen LogP contribution in [-0.4, -0.2) is 37.5 Å². The van der Waals surface area contributed by atoms with Crippen molar-refractivity contribution in [3.63, 3.8) is 0 Å². The number of carbonyl (C=O) groups is 3. The molecule has 0 bridgehead atoms. The van der Waals surface area contributed by atoms with Crippen molar-refractivity contribution in [3.8, 4) is 0 Å². The number of esters is 1. The first-order chi connectivity index (χ1) is 17.6. The second kappa shape index (κ2) is 11.7. The Hall–Kier alpha value is -3.93. The first-order valence-corrected chi connectivity index (χ1v) is 12.5. The monoisotopic (exact) mass is 484 g/mol. The molecule has 2 amide bonds. The fraction of sp³-hybridized carbons (Fsp3) is 0.300. The fourth-order valence-electron chi connectivity index (χ4n) is 5.04. The maximum Gasteiger partial charge on any atom is 0.321 e. The molecule has 2 atom stereocenters. The van der Waals surface area contributed by atoms with Crippen molar-refractivity contribution in [2.24, 2.45) is 0 Å². The van der Waals surface area contributed by atoms with Crippen LogP contribution in [-0.2, 0) is 19.7 Å². The zero-order valence-electron chi connectivity index (χ0n) is 20.5. The lowest BCUT2D eigenvalue weighted by atomic mass is 9.63. The Morgan fingerprint density at radius 3 is 2.22 bits per heavy atom. The van der Waals surface area contributed by atoms with Crippen molar-refractivity contribution >= 4 is 17.8 Å². The van der Waals surface area contributed by atoms with Crippen LogP contribution < -0.4 is 10.6 Å². The molecule has 36 heavy (non-hydrogen) atoms. The third-order valence-electron chi connectivity index (χ3n) is 6.79. The number of amides is 2. The molecule has 0 heterocycles. The average Bonchev–Trinajstić information content (AvgIpc) is 2.93. The highest BCUT2D eigenvalue weighted by Gasteiger charge is 2.49. The smallest absolute Gasteiger partial charge is 0.321 e. The summed E-state index contributed by atoms with van der Waals surface area (Å²) in [6, 6.07) is 26.4. The standard InChI is InChI=1S/C30H32N2O4/c1-2-36-29(35)30(23-14-7-4-8-15-23)19-18-25(24-16-9-10-17-26(24)30)28(34)32-21-11-20-31-27(33)22-12-5-3-6-13-22/h3-10,12-17,25H,2,11,18-21H2,1H3,(H,31,33)(H,32,34). The Morgan fingerprint density at radius 1 is 0.861 bits per heavy atom. The molecule has 3 aromatic rings. The SMILES string of the molecule is CCOC(=O)C1(c2ccccc2)CCC(C(=O)NCCCNC(=O)c2ccccc2)c2ccccc21. The van der Waals surface area contributed by atoms with Gasteiger partial charge in [-0.05, 0) is 55.0 Å². The molecular formula is C30H32N2O4. The highest BCUT2D eigenvalue weighted by atomic mass is 16.5. The summed E-state index contributed by atoms with van der Waals surface area (Å²) in [5, 5.41) is 5.90. The van der Waals surface area contributed by atoms with Gasteiger partial charge >= 0.3 is 5.97 Å². The summed E-state index contributed by atoms with van der Waals surface area (Å²) in [5.74, 6) is -0.829. The maximum atomic E-state index is 13.4. The molecule has 0 fully saturated rings. The van der Waals surface area contributed by atoms with Crippen LogP contribution in [0.15, 0.2) is 84.9 Å². The lowest BCUT2D eigenvalue weighted by molar-refractivity contribution is -0.149. The van der Waals surface area contributed by atoms with Crippen LogP contribution in [0.25, 0.3) is 0 Å². The first-order valence-electron chi connectivity index (χ1n) is 12.5. The van der Waals surface area contributed by atoms with E-state index in [4.69, 9.17) is 4.74 Å². The number of nitrogens with one attached hydrogen (secondary N) is 2. The molecule has 0 aliphatic heterocycles. The minimum Gasteiger partial charge on any atom is -0.465 e. The van der Waals surface area contributed by atoms with Gasteiger partial charge in [-0.3, -0.25) is 14.4 Å². The summed E-state index contributed by atoms with van der Waals surface area (Å²) < 4.78 is 5.56. The van der Waals surface area contributed by atoms with Crippen LogP contribution in [0, 0.1) is 0 Å². The van der Waals surface area contributed by atoms with Crippen LogP contribution in [0.4, 0.5) is 0 Å². The van der Waals surface area contributed by atoms with Crippen LogP contribution in [0.3, 0.4) is 0 Å². The van der Waals surface area contributed by atoms with E-state index in [-0.39, 0.29) is 23.7 Å². The maximum absolute atomic E-state index is 13.4. The van der Waals surface area contributed by atoms with Gasteiger partial charge in [-0.2, -0.15) is 0 Å². The van der Waals surface area contributed by atoms with E-state index >= 15 is 0 Å². The topological polar surface area (TPSA) is 84.5 Å². The van der Waals surface area contributed by atoms with Crippen molar-refractivity contribution in [2.45, 2.75) is 37.5 Å². The summed E-state index contributed by atoms with van der Waals surface area (Å²) in [5.41, 5.74) is 2.24. The second-order valence-electron chi connectivity index (χ2n) is 8.94. The third kappa shape index (κ3) is 5.18. The van der Waals surface area contributed by atoms with Gasteiger partial charge in [0.1, 0.15) is 5.41 Å². The van der Waals surface area contributed by atoms with E-state index in [1.54, 1.807) is 12.1 Å². The molecule has 0 saturated heterocycles. The Morgan fingerprint density at radius 2 is 1.50 bits per heavy atom. The second-order valence-corrected chi connectivity index (χ2v) is 8.94. The van der Waals surface area contributed by atoms with Crippen molar-refractivity contribution < 1.29 is 19.1 Å². The van der Waals surface area contributed by atoms with E-state index in [1.165, 1.54) is 0 Å². The Bertz CT molecular complexity index is 1200. The predicted molar refractivity (Wildman–Crippen MR) is 139 cm³/mol. The molecule has 0 aromatic heterocycles. The minimum atomic E-state index is -0.938. The van der Waals surface area contributed by atoms with Crippen LogP contribution in [0.5, 0.6) is 0 Å². The van der Waals surface area contributed by atoms with Crippen molar-refractivity contribution in [2.75, 3.05) is 19.7 Å². The van der Waals surface area contributed by atoms with Crippen LogP contribution >= 0.6 is 0 Å². The van der Waals surface area contributed by atoms with E-state index in [1.807, 2.05) is 79.7 Å². The largest absolute Gasteiger partial charge is 0.465 e. The molecular weight excluding hydrogens is 452 g/mol. The Labute approximate surface area is 212 Å². The third-order valence-corrected chi connectivity index (χ3v) is 6.79. The molecule has 0 radical (unpaired) electrons. The van der Waals surface area contributed by atoms with Crippen LogP contribution in [0.1, 0.15) is 59.2 Å². The van der Waals surface area contributed by atoms with Gasteiger partial charge in [-0.25, -0.2) is 0 Å². The molecule has 0 saturated carbocycles. The number of hydrogen-bond donors (Lipinski definition) is 2. The van der Waals surface area contributed by atoms with Gasteiger partial charge in [0.25, 0.3) is 5.91 Å². The van der Waals surface area contributed by atoms with Gasteiger partial charge in [0.05, 0.1) is 12.5 Å². The lowest BCUT2D eigenvalue weighted by Crippen LogP contribution is -2.45. The molecule has 2 unspecified atom stereocenters. The number of ether oxygens (including phenoxy) is 1. The Kier molecular flexibility index (Phi) is 8.16. The summed E-state index contributed by atoms with van der Waals surface area (Å²) in [6.07, 6.45) is 1.63. The molecule has 6 nitrogen and oxygen atoms in total. The first kappa shape index (κ1) is 25.2. The van der Waals surface area contributed by atoms with Crippen LogP contribution in [0.2, 0.25) is 0 Å². The molecule has 6 heteroatoms. The van der Waals surface area contributed by atoms with E-state index in [0.29, 0.717) is 44.5 Å². The summed E-state index contributed by atoms with van der Waals surface area (Å²) >= 11 is 0. The molecule has 2 N–H and O–H groups in total. The fourth-order valence-corrected chi connectivity index (χ4v) is 5.04. The van der Waals surface area contributed by atoms with Gasteiger partial charge in [0, 0.05) is 18.7 Å². The quantitative estimate of drug-likeness (QED) is 0.349. The molecule has 3 aromatic carbocycles. The van der Waals surface area contributed by atoms with Gasteiger partial charge < -0.3 is 15.4 Å². The minimum absolute atomic E-state index is 0.0673. The summed E-state index contributed by atoms with van der Waals surface area (Å²) in [6.45, 7) is 3.02. The summed E-state index contributed by atoms with van der Waals surface area (Å²) in [4.78, 5) is 38.8. The zero-order chi connectivity index (χ0) is 25.4. The number of hydrogen-bond acceptors (Lipinski definition) is 4. The molecule has 1 aliphatic carbocycles. The highest BCUT2D eigenvalue weighted by molar-refractivity contribution is 5.94. The van der Waals surface area contributed by atoms with E-state index in [0.717, 1.165) is 16.7 Å². The number of fused-ring (bicyclic) bond motifs is 1.